The molecule has 0 spiro atoms. The van der Waals surface area contributed by atoms with Crippen LogP contribution >= 0.6 is 0 Å². The number of anilines is 4. The predicted octanol–water partition coefficient (Wildman–Crippen LogP) is 1.73. The standard InChI is InChI=1S/C14H18N4O2S/c1-18(2)11-5-3-10(4-6-11)17-14-9-12(21(16,19)20)7-8-13(14)15/h3-9,17H,15H2,1-2H3,(H2,16,19,20). The molecule has 0 aromatic heterocycles. The van der Waals surface area contributed by atoms with E-state index in [1.165, 1.54) is 18.2 Å². The molecule has 0 saturated carbocycles. The summed E-state index contributed by atoms with van der Waals surface area (Å²) in [5.74, 6) is 0. The average molecular weight is 306 g/mol. The molecule has 0 unspecified atom stereocenters. The Hall–Kier alpha value is -2.25. The Morgan fingerprint density at radius 1 is 1.05 bits per heavy atom. The molecule has 7 heteroatoms. The molecule has 0 amide bonds. The van der Waals surface area contributed by atoms with Crippen molar-refractivity contribution in [1.82, 2.24) is 0 Å². The lowest BCUT2D eigenvalue weighted by atomic mass is 10.2. The summed E-state index contributed by atoms with van der Waals surface area (Å²) < 4.78 is 22.7. The lowest BCUT2D eigenvalue weighted by Gasteiger charge is -2.14. The number of hydrogen-bond donors (Lipinski definition) is 3. The van der Waals surface area contributed by atoms with Crippen LogP contribution in [0.5, 0.6) is 0 Å². The third-order valence-electron chi connectivity index (χ3n) is 3.02. The van der Waals surface area contributed by atoms with Crippen LogP contribution in [0.4, 0.5) is 22.7 Å². The molecule has 6 nitrogen and oxygen atoms in total. The molecule has 2 aromatic rings. The molecule has 2 aromatic carbocycles. The summed E-state index contributed by atoms with van der Waals surface area (Å²) in [6.07, 6.45) is 0. The number of nitrogens with one attached hydrogen (secondary N) is 1. The third-order valence-corrected chi connectivity index (χ3v) is 3.93. The molecule has 0 fully saturated rings. The van der Waals surface area contributed by atoms with Crippen molar-refractivity contribution in [3.8, 4) is 0 Å². The van der Waals surface area contributed by atoms with E-state index in [4.69, 9.17) is 10.9 Å². The lowest BCUT2D eigenvalue weighted by Crippen LogP contribution is -2.12. The molecule has 0 saturated heterocycles. The van der Waals surface area contributed by atoms with E-state index in [1.54, 1.807) is 0 Å². The van der Waals surface area contributed by atoms with Crippen LogP contribution < -0.4 is 21.1 Å². The fourth-order valence-corrected chi connectivity index (χ4v) is 2.36. The first kappa shape index (κ1) is 15.1. The fourth-order valence-electron chi connectivity index (χ4n) is 1.82. The van der Waals surface area contributed by atoms with E-state index in [2.05, 4.69) is 5.32 Å². The van der Waals surface area contributed by atoms with E-state index in [0.29, 0.717) is 11.4 Å². The van der Waals surface area contributed by atoms with Gasteiger partial charge in [-0.2, -0.15) is 0 Å². The zero-order valence-corrected chi connectivity index (χ0v) is 12.7. The Labute approximate surface area is 124 Å². The molecule has 21 heavy (non-hydrogen) atoms. The minimum atomic E-state index is -3.75. The van der Waals surface area contributed by atoms with Crippen molar-refractivity contribution in [3.63, 3.8) is 0 Å². The molecule has 0 atom stereocenters. The fraction of sp³-hybridized carbons (Fsp3) is 0.143. The zero-order chi connectivity index (χ0) is 15.6. The Morgan fingerprint density at radius 3 is 2.19 bits per heavy atom. The number of primary sulfonamides is 1. The molecule has 0 heterocycles. The predicted molar refractivity (Wildman–Crippen MR) is 86.3 cm³/mol. The third kappa shape index (κ3) is 3.65. The van der Waals surface area contributed by atoms with Crippen LogP contribution in [0.15, 0.2) is 47.4 Å². The number of nitrogens with two attached hydrogens (primary N) is 2. The van der Waals surface area contributed by atoms with Gasteiger partial charge in [-0.05, 0) is 42.5 Å². The number of sulfonamides is 1. The summed E-state index contributed by atoms with van der Waals surface area (Å²) in [6, 6.07) is 12.0. The maximum atomic E-state index is 11.4. The molecule has 112 valence electrons. The van der Waals surface area contributed by atoms with Crippen molar-refractivity contribution in [2.24, 2.45) is 5.14 Å². The van der Waals surface area contributed by atoms with Gasteiger partial charge in [0.15, 0.2) is 0 Å². The monoisotopic (exact) mass is 306 g/mol. The van der Waals surface area contributed by atoms with Gasteiger partial charge < -0.3 is 16.0 Å². The zero-order valence-electron chi connectivity index (χ0n) is 11.9. The number of hydrogen-bond acceptors (Lipinski definition) is 5. The quantitative estimate of drug-likeness (QED) is 0.747. The van der Waals surface area contributed by atoms with Gasteiger partial charge in [-0.3, -0.25) is 0 Å². The molecule has 0 aliphatic carbocycles. The van der Waals surface area contributed by atoms with Gasteiger partial charge >= 0.3 is 0 Å². The Balaban J connectivity index is 2.30. The molecule has 5 N–H and O–H groups in total. The summed E-state index contributed by atoms with van der Waals surface area (Å²) in [6.45, 7) is 0. The summed E-state index contributed by atoms with van der Waals surface area (Å²) in [4.78, 5) is 2.00. The van der Waals surface area contributed by atoms with Gasteiger partial charge in [0.1, 0.15) is 0 Å². The van der Waals surface area contributed by atoms with E-state index >= 15 is 0 Å². The van der Waals surface area contributed by atoms with Crippen molar-refractivity contribution in [3.05, 3.63) is 42.5 Å². The second kappa shape index (κ2) is 5.63. The number of rotatable bonds is 4. The molecule has 0 bridgehead atoms. The van der Waals surface area contributed by atoms with Gasteiger partial charge in [0.2, 0.25) is 10.0 Å². The highest BCUT2D eigenvalue weighted by atomic mass is 32.2. The molecular weight excluding hydrogens is 288 g/mol. The smallest absolute Gasteiger partial charge is 0.238 e. The summed E-state index contributed by atoms with van der Waals surface area (Å²) in [7, 11) is 0.154. The first-order valence-corrected chi connectivity index (χ1v) is 7.79. The number of nitrogens with zero attached hydrogens (tertiary/aromatic N) is 1. The Bertz CT molecular complexity index is 740. The van der Waals surface area contributed by atoms with Crippen LogP contribution in [0.2, 0.25) is 0 Å². The Morgan fingerprint density at radius 2 is 1.67 bits per heavy atom. The van der Waals surface area contributed by atoms with Crippen LogP contribution in [0.1, 0.15) is 0 Å². The van der Waals surface area contributed by atoms with Crippen molar-refractivity contribution in [2.75, 3.05) is 30.0 Å². The van der Waals surface area contributed by atoms with E-state index < -0.39 is 10.0 Å². The molecule has 0 aliphatic heterocycles. The van der Waals surface area contributed by atoms with Gasteiger partial charge in [0, 0.05) is 25.5 Å². The average Bonchev–Trinajstić information content (AvgIpc) is 2.40. The van der Waals surface area contributed by atoms with Crippen molar-refractivity contribution < 1.29 is 8.42 Å². The van der Waals surface area contributed by atoms with Gasteiger partial charge in [0.05, 0.1) is 16.3 Å². The molecule has 0 aliphatic rings. The highest BCUT2D eigenvalue weighted by Crippen LogP contribution is 2.26. The van der Waals surface area contributed by atoms with E-state index in [-0.39, 0.29) is 4.90 Å². The van der Waals surface area contributed by atoms with Crippen LogP contribution in [0.25, 0.3) is 0 Å². The van der Waals surface area contributed by atoms with Gasteiger partial charge in [-0.15, -0.1) is 0 Å². The van der Waals surface area contributed by atoms with Gasteiger partial charge in [-0.1, -0.05) is 0 Å². The summed E-state index contributed by atoms with van der Waals surface area (Å²) in [5.41, 5.74) is 8.66. The van der Waals surface area contributed by atoms with Crippen LogP contribution in [0.3, 0.4) is 0 Å². The van der Waals surface area contributed by atoms with E-state index in [9.17, 15) is 8.42 Å². The minimum Gasteiger partial charge on any atom is -0.397 e. The van der Waals surface area contributed by atoms with Gasteiger partial charge in [0.25, 0.3) is 0 Å². The van der Waals surface area contributed by atoms with Crippen LogP contribution in [-0.2, 0) is 10.0 Å². The maximum Gasteiger partial charge on any atom is 0.238 e. The highest BCUT2D eigenvalue weighted by molar-refractivity contribution is 7.89. The van der Waals surface area contributed by atoms with Crippen LogP contribution in [0, 0.1) is 0 Å². The van der Waals surface area contributed by atoms with Crippen molar-refractivity contribution in [2.45, 2.75) is 4.90 Å². The largest absolute Gasteiger partial charge is 0.397 e. The Kier molecular flexibility index (Phi) is 4.06. The van der Waals surface area contributed by atoms with Crippen LogP contribution in [-0.4, -0.2) is 22.5 Å². The van der Waals surface area contributed by atoms with Crippen molar-refractivity contribution in [1.29, 1.82) is 0 Å². The first-order valence-electron chi connectivity index (χ1n) is 6.24. The number of benzene rings is 2. The maximum absolute atomic E-state index is 11.4. The summed E-state index contributed by atoms with van der Waals surface area (Å²) >= 11 is 0. The minimum absolute atomic E-state index is 0.0177. The van der Waals surface area contributed by atoms with E-state index in [0.717, 1.165) is 11.4 Å². The first-order chi connectivity index (χ1) is 9.77. The van der Waals surface area contributed by atoms with E-state index in [1.807, 2.05) is 43.3 Å². The normalized spacial score (nSPS) is 11.2. The topological polar surface area (TPSA) is 101 Å². The van der Waals surface area contributed by atoms with Crippen molar-refractivity contribution >= 4 is 32.8 Å². The lowest BCUT2D eigenvalue weighted by molar-refractivity contribution is 0.598. The second-order valence-corrected chi connectivity index (χ2v) is 6.42. The SMILES string of the molecule is CN(C)c1ccc(Nc2cc(S(N)(=O)=O)ccc2N)cc1. The number of nitrogen functional groups attached to an aromatic ring is 1. The molecule has 0 radical (unpaired) electrons. The summed E-state index contributed by atoms with van der Waals surface area (Å²) in [5, 5.41) is 8.21. The molecular formula is C14H18N4O2S. The second-order valence-electron chi connectivity index (χ2n) is 4.86. The van der Waals surface area contributed by atoms with Gasteiger partial charge in [-0.25, -0.2) is 13.6 Å². The molecule has 2 rings (SSSR count). The highest BCUT2D eigenvalue weighted by Gasteiger charge is 2.10.